The molecule has 1 N–H and O–H groups in total. The lowest BCUT2D eigenvalue weighted by Crippen LogP contribution is -2.33. The zero-order valence-electron chi connectivity index (χ0n) is 15.3. The molecule has 8 nitrogen and oxygen atoms in total. The Labute approximate surface area is 179 Å². The molecule has 0 spiro atoms. The van der Waals surface area contributed by atoms with Crippen molar-refractivity contribution in [2.45, 2.75) is 6.04 Å². The number of fused-ring (bicyclic) bond motifs is 1. The first-order valence-corrected chi connectivity index (χ1v) is 9.29. The van der Waals surface area contributed by atoms with Crippen LogP contribution in [0.15, 0.2) is 53.7 Å². The number of ketones is 1. The maximum absolute atomic E-state index is 14.0. The lowest BCUT2D eigenvalue weighted by Gasteiger charge is -2.28. The second kappa shape index (κ2) is 7.85. The average Bonchev–Trinajstić information content (AvgIpc) is 3.19. The summed E-state index contributed by atoms with van der Waals surface area (Å²) < 4.78 is 20.1. The molecule has 4 rings (SSSR count). The standard InChI is InChI=1S/C19H12Cl2FN5O3/c1-30-18(29)15-14(17(28)12-6-5-10(20)8-13(12)21)16(9-3-2-4-11(22)7-9)27-19(23-15)24-25-26-27/h2-8,16H,1H3,(H,23,24,26)/t16-/m0/s1. The van der Waals surface area contributed by atoms with Crippen molar-refractivity contribution in [3.63, 3.8) is 0 Å². The number of Topliss-reactive ketones (excluding diaryl/α,β-unsaturated/α-hetero) is 1. The maximum atomic E-state index is 14.0. The highest BCUT2D eigenvalue weighted by molar-refractivity contribution is 6.37. The smallest absolute Gasteiger partial charge is 0.355 e. The summed E-state index contributed by atoms with van der Waals surface area (Å²) >= 11 is 12.2. The number of tetrazole rings is 1. The molecule has 11 heteroatoms. The van der Waals surface area contributed by atoms with Crippen LogP contribution < -0.4 is 5.32 Å². The molecule has 0 aliphatic carbocycles. The van der Waals surface area contributed by atoms with Crippen molar-refractivity contribution in [3.8, 4) is 0 Å². The van der Waals surface area contributed by atoms with Crippen molar-refractivity contribution in [3.05, 3.63) is 80.7 Å². The predicted molar refractivity (Wildman–Crippen MR) is 106 cm³/mol. The first-order valence-electron chi connectivity index (χ1n) is 8.53. The van der Waals surface area contributed by atoms with Gasteiger partial charge in [0.1, 0.15) is 17.6 Å². The number of benzene rings is 2. The number of nitrogens with zero attached hydrogens (tertiary/aromatic N) is 4. The molecule has 0 radical (unpaired) electrons. The van der Waals surface area contributed by atoms with Crippen molar-refractivity contribution in [2.75, 3.05) is 12.4 Å². The van der Waals surface area contributed by atoms with Crippen LogP contribution in [-0.2, 0) is 9.53 Å². The van der Waals surface area contributed by atoms with Crippen molar-refractivity contribution in [1.82, 2.24) is 20.2 Å². The van der Waals surface area contributed by atoms with Gasteiger partial charge in [-0.15, -0.1) is 0 Å². The van der Waals surface area contributed by atoms with E-state index < -0.39 is 23.6 Å². The Bertz CT molecular complexity index is 1210. The first-order chi connectivity index (χ1) is 14.4. The summed E-state index contributed by atoms with van der Waals surface area (Å²) in [5.74, 6) is -1.86. The lowest BCUT2D eigenvalue weighted by atomic mass is 9.89. The van der Waals surface area contributed by atoms with Crippen molar-refractivity contribution in [2.24, 2.45) is 0 Å². The highest BCUT2D eigenvalue weighted by atomic mass is 35.5. The number of methoxy groups -OCH3 is 1. The highest BCUT2D eigenvalue weighted by Gasteiger charge is 2.39. The van der Waals surface area contributed by atoms with Gasteiger partial charge in [-0.3, -0.25) is 4.79 Å². The minimum atomic E-state index is -1.01. The molecule has 0 bridgehead atoms. The number of esters is 1. The summed E-state index contributed by atoms with van der Waals surface area (Å²) in [6.07, 6.45) is 0. The van der Waals surface area contributed by atoms with E-state index in [1.54, 1.807) is 6.07 Å². The van der Waals surface area contributed by atoms with E-state index in [2.05, 4.69) is 20.8 Å². The van der Waals surface area contributed by atoms with Gasteiger partial charge in [0.05, 0.1) is 17.7 Å². The molecule has 1 aliphatic heterocycles. The summed E-state index contributed by atoms with van der Waals surface area (Å²) in [6.45, 7) is 0. The SMILES string of the molecule is COC(=O)C1=C(C(=O)c2ccc(Cl)cc2Cl)[C@H](c2cccc(F)c2)n2nnnc2N1. The second-order valence-electron chi connectivity index (χ2n) is 6.26. The number of hydrogen-bond donors (Lipinski definition) is 1. The quantitative estimate of drug-likeness (QED) is 0.482. The second-order valence-corrected chi connectivity index (χ2v) is 7.11. The van der Waals surface area contributed by atoms with Crippen LogP contribution in [0.25, 0.3) is 0 Å². The molecule has 1 atom stereocenters. The summed E-state index contributed by atoms with van der Waals surface area (Å²) in [6, 6.07) is 8.88. The van der Waals surface area contributed by atoms with E-state index in [-0.39, 0.29) is 27.8 Å². The number of ether oxygens (including phenoxy) is 1. The molecule has 0 saturated carbocycles. The van der Waals surface area contributed by atoms with Gasteiger partial charge in [0.2, 0.25) is 5.95 Å². The molecule has 0 fully saturated rings. The predicted octanol–water partition coefficient (Wildman–Crippen LogP) is 3.44. The molecule has 1 aromatic heterocycles. The normalized spacial score (nSPS) is 15.4. The maximum Gasteiger partial charge on any atom is 0.355 e. The molecule has 2 heterocycles. The van der Waals surface area contributed by atoms with Crippen LogP contribution in [0.2, 0.25) is 10.0 Å². The largest absolute Gasteiger partial charge is 0.464 e. The van der Waals surface area contributed by atoms with E-state index in [0.717, 1.165) is 0 Å². The molecular formula is C19H12Cl2FN5O3. The number of anilines is 1. The fraction of sp³-hybridized carbons (Fsp3) is 0.105. The first kappa shape index (κ1) is 20.0. The summed E-state index contributed by atoms with van der Waals surface area (Å²) in [5.41, 5.74) is 0.207. The number of allylic oxidation sites excluding steroid dienone is 1. The number of carbonyl (C=O) groups excluding carboxylic acids is 2. The average molecular weight is 448 g/mol. The molecule has 2 aromatic carbocycles. The zero-order chi connectivity index (χ0) is 21.4. The Morgan fingerprint density at radius 3 is 2.70 bits per heavy atom. The third-order valence-electron chi connectivity index (χ3n) is 4.49. The third-order valence-corrected chi connectivity index (χ3v) is 5.04. The minimum absolute atomic E-state index is 0.0588. The van der Waals surface area contributed by atoms with E-state index in [1.165, 1.54) is 48.2 Å². The van der Waals surface area contributed by atoms with Gasteiger partial charge >= 0.3 is 5.97 Å². The third kappa shape index (κ3) is 3.42. The number of nitrogens with one attached hydrogen (secondary N) is 1. The van der Waals surface area contributed by atoms with Gasteiger partial charge in [-0.1, -0.05) is 40.4 Å². The van der Waals surface area contributed by atoms with E-state index in [1.807, 2.05) is 0 Å². The fourth-order valence-corrected chi connectivity index (χ4v) is 3.69. The number of hydrogen-bond acceptors (Lipinski definition) is 7. The Morgan fingerprint density at radius 2 is 2.00 bits per heavy atom. The minimum Gasteiger partial charge on any atom is -0.464 e. The van der Waals surface area contributed by atoms with Crippen molar-refractivity contribution in [1.29, 1.82) is 0 Å². The van der Waals surface area contributed by atoms with Crippen LogP contribution in [-0.4, -0.2) is 39.1 Å². The number of aromatic nitrogens is 4. The van der Waals surface area contributed by atoms with Gasteiger partial charge in [-0.2, -0.15) is 4.68 Å². The van der Waals surface area contributed by atoms with E-state index in [0.29, 0.717) is 10.6 Å². The van der Waals surface area contributed by atoms with Crippen molar-refractivity contribution < 1.29 is 18.7 Å². The molecular weight excluding hydrogens is 436 g/mol. The summed E-state index contributed by atoms with van der Waals surface area (Å²) in [7, 11) is 1.17. The van der Waals surface area contributed by atoms with Crippen LogP contribution in [0.4, 0.5) is 10.3 Å². The Balaban J connectivity index is 1.98. The summed E-state index contributed by atoms with van der Waals surface area (Å²) in [4.78, 5) is 26.1. The summed E-state index contributed by atoms with van der Waals surface area (Å²) in [5, 5.41) is 14.5. The molecule has 152 valence electrons. The number of rotatable bonds is 4. The Hall–Kier alpha value is -3.30. The number of carbonyl (C=O) groups is 2. The van der Waals surface area contributed by atoms with Gasteiger partial charge in [0, 0.05) is 10.6 Å². The topological polar surface area (TPSA) is 99.0 Å². The van der Waals surface area contributed by atoms with E-state index >= 15 is 0 Å². The fourth-order valence-electron chi connectivity index (χ4n) is 3.19. The molecule has 30 heavy (non-hydrogen) atoms. The molecule has 1 aliphatic rings. The van der Waals surface area contributed by atoms with Crippen LogP contribution in [0, 0.1) is 5.82 Å². The van der Waals surface area contributed by atoms with Gasteiger partial charge in [-0.25, -0.2) is 9.18 Å². The van der Waals surface area contributed by atoms with E-state index in [9.17, 15) is 14.0 Å². The van der Waals surface area contributed by atoms with Crippen LogP contribution in [0.5, 0.6) is 0 Å². The van der Waals surface area contributed by atoms with Gasteiger partial charge in [0.15, 0.2) is 5.78 Å². The van der Waals surface area contributed by atoms with Crippen molar-refractivity contribution >= 4 is 40.9 Å². The van der Waals surface area contributed by atoms with Crippen LogP contribution >= 0.6 is 23.2 Å². The molecule has 3 aromatic rings. The van der Waals surface area contributed by atoms with Gasteiger partial charge < -0.3 is 10.1 Å². The Kier molecular flexibility index (Phi) is 5.23. The lowest BCUT2D eigenvalue weighted by molar-refractivity contribution is -0.136. The molecule has 0 saturated heterocycles. The zero-order valence-corrected chi connectivity index (χ0v) is 16.8. The van der Waals surface area contributed by atoms with Gasteiger partial charge in [-0.05, 0) is 46.3 Å². The number of halogens is 3. The van der Waals surface area contributed by atoms with Crippen LogP contribution in [0.1, 0.15) is 22.0 Å². The molecule has 0 amide bonds. The Morgan fingerprint density at radius 1 is 1.20 bits per heavy atom. The van der Waals surface area contributed by atoms with Crippen LogP contribution in [0.3, 0.4) is 0 Å². The monoisotopic (exact) mass is 447 g/mol. The highest BCUT2D eigenvalue weighted by Crippen LogP contribution is 2.38. The van der Waals surface area contributed by atoms with E-state index in [4.69, 9.17) is 27.9 Å². The van der Waals surface area contributed by atoms with Gasteiger partial charge in [0.25, 0.3) is 0 Å². The molecule has 0 unspecified atom stereocenters.